The molecular weight excluding hydrogens is 273 g/mol. The standard InChI is InChI=1S/C11H13N5.2ClH/c12-7-8-1-3-9(4-2-8)15-11-14-6-5-10(13)16-11;;/h1-6H,7,12H2,(H3,13,14,15,16);2*1H. The molecule has 0 saturated carbocycles. The van der Waals surface area contributed by atoms with E-state index in [0.29, 0.717) is 18.3 Å². The van der Waals surface area contributed by atoms with Gasteiger partial charge in [0.2, 0.25) is 5.95 Å². The Morgan fingerprint density at radius 2 is 1.72 bits per heavy atom. The van der Waals surface area contributed by atoms with Gasteiger partial charge >= 0.3 is 0 Å². The number of anilines is 3. The zero-order valence-electron chi connectivity index (χ0n) is 9.54. The molecule has 0 saturated heterocycles. The Kier molecular flexibility index (Phi) is 7.04. The van der Waals surface area contributed by atoms with E-state index in [4.69, 9.17) is 11.5 Å². The lowest BCUT2D eigenvalue weighted by Crippen LogP contribution is -2.00. The molecule has 1 aromatic heterocycles. The van der Waals surface area contributed by atoms with E-state index in [1.165, 1.54) is 0 Å². The number of hydrogen-bond donors (Lipinski definition) is 3. The monoisotopic (exact) mass is 287 g/mol. The summed E-state index contributed by atoms with van der Waals surface area (Å²) in [5, 5.41) is 3.05. The molecule has 2 aromatic rings. The number of nitrogen functional groups attached to an aromatic ring is 1. The smallest absolute Gasteiger partial charge is 0.229 e. The molecule has 18 heavy (non-hydrogen) atoms. The SMILES string of the molecule is Cl.Cl.NCc1ccc(Nc2nccc(N)n2)cc1. The fourth-order valence-corrected chi connectivity index (χ4v) is 1.29. The molecule has 5 N–H and O–H groups in total. The molecule has 1 aromatic carbocycles. The van der Waals surface area contributed by atoms with E-state index in [1.54, 1.807) is 12.3 Å². The highest BCUT2D eigenvalue weighted by molar-refractivity contribution is 5.85. The van der Waals surface area contributed by atoms with Crippen LogP contribution in [0.3, 0.4) is 0 Å². The van der Waals surface area contributed by atoms with Gasteiger partial charge in [0.15, 0.2) is 0 Å². The van der Waals surface area contributed by atoms with Gasteiger partial charge in [-0.25, -0.2) is 4.98 Å². The lowest BCUT2D eigenvalue weighted by Gasteiger charge is -2.05. The Morgan fingerprint density at radius 3 is 2.28 bits per heavy atom. The summed E-state index contributed by atoms with van der Waals surface area (Å²) in [6.45, 7) is 0.537. The molecule has 0 fully saturated rings. The zero-order valence-corrected chi connectivity index (χ0v) is 11.2. The van der Waals surface area contributed by atoms with Gasteiger partial charge in [0.1, 0.15) is 5.82 Å². The molecule has 98 valence electrons. The number of halogens is 2. The van der Waals surface area contributed by atoms with E-state index in [-0.39, 0.29) is 24.8 Å². The van der Waals surface area contributed by atoms with E-state index >= 15 is 0 Å². The minimum absolute atomic E-state index is 0. The number of nitrogens with two attached hydrogens (primary N) is 2. The van der Waals surface area contributed by atoms with E-state index in [1.807, 2.05) is 24.3 Å². The molecular formula is C11H15Cl2N5. The summed E-state index contributed by atoms with van der Waals surface area (Å²) >= 11 is 0. The van der Waals surface area contributed by atoms with Crippen LogP contribution in [0.2, 0.25) is 0 Å². The first-order valence-corrected chi connectivity index (χ1v) is 4.92. The van der Waals surface area contributed by atoms with Gasteiger partial charge in [0.05, 0.1) is 0 Å². The van der Waals surface area contributed by atoms with Crippen LogP contribution in [0.5, 0.6) is 0 Å². The van der Waals surface area contributed by atoms with Crippen LogP contribution in [0.4, 0.5) is 17.5 Å². The maximum atomic E-state index is 5.55. The molecule has 0 aliphatic carbocycles. The van der Waals surface area contributed by atoms with Gasteiger partial charge in [0, 0.05) is 18.4 Å². The largest absolute Gasteiger partial charge is 0.384 e. The minimum Gasteiger partial charge on any atom is -0.384 e. The first kappa shape index (κ1) is 16.4. The topological polar surface area (TPSA) is 89.8 Å². The van der Waals surface area contributed by atoms with Crippen LogP contribution in [-0.2, 0) is 6.54 Å². The number of hydrogen-bond acceptors (Lipinski definition) is 5. The molecule has 0 atom stereocenters. The van der Waals surface area contributed by atoms with Crippen LogP contribution in [0.1, 0.15) is 5.56 Å². The van der Waals surface area contributed by atoms with Crippen LogP contribution in [-0.4, -0.2) is 9.97 Å². The molecule has 7 heteroatoms. The van der Waals surface area contributed by atoms with Crippen molar-refractivity contribution in [2.24, 2.45) is 5.73 Å². The van der Waals surface area contributed by atoms with Crippen molar-refractivity contribution in [2.45, 2.75) is 6.54 Å². The summed E-state index contributed by atoms with van der Waals surface area (Å²) in [7, 11) is 0. The third-order valence-corrected chi connectivity index (χ3v) is 2.12. The second-order valence-electron chi connectivity index (χ2n) is 3.33. The number of nitrogens with one attached hydrogen (secondary N) is 1. The highest BCUT2D eigenvalue weighted by Gasteiger charge is 1.97. The molecule has 0 amide bonds. The summed E-state index contributed by atoms with van der Waals surface area (Å²) in [6.07, 6.45) is 1.61. The van der Waals surface area contributed by atoms with Crippen LogP contribution >= 0.6 is 24.8 Å². The van der Waals surface area contributed by atoms with E-state index in [2.05, 4.69) is 15.3 Å². The maximum absolute atomic E-state index is 5.55. The maximum Gasteiger partial charge on any atom is 0.229 e. The Labute approximate surface area is 118 Å². The first-order valence-electron chi connectivity index (χ1n) is 4.92. The van der Waals surface area contributed by atoms with E-state index < -0.39 is 0 Å². The van der Waals surface area contributed by atoms with Crippen LogP contribution in [0.15, 0.2) is 36.5 Å². The summed E-state index contributed by atoms with van der Waals surface area (Å²) < 4.78 is 0. The van der Waals surface area contributed by atoms with Gasteiger partial charge < -0.3 is 16.8 Å². The quantitative estimate of drug-likeness (QED) is 0.804. The summed E-state index contributed by atoms with van der Waals surface area (Å²) in [4.78, 5) is 8.09. The van der Waals surface area contributed by atoms with Gasteiger partial charge in [-0.1, -0.05) is 12.1 Å². The normalized spacial score (nSPS) is 8.94. The molecule has 0 radical (unpaired) electrons. The fourth-order valence-electron chi connectivity index (χ4n) is 1.29. The number of benzene rings is 1. The van der Waals surface area contributed by atoms with Gasteiger partial charge in [-0.3, -0.25) is 0 Å². The molecule has 2 rings (SSSR count). The summed E-state index contributed by atoms with van der Waals surface area (Å²) in [5.74, 6) is 0.927. The van der Waals surface area contributed by atoms with Gasteiger partial charge in [0.25, 0.3) is 0 Å². The lowest BCUT2D eigenvalue weighted by atomic mass is 10.2. The average Bonchev–Trinajstić information content (AvgIpc) is 2.30. The molecule has 1 heterocycles. The molecule has 0 bridgehead atoms. The molecule has 0 spiro atoms. The molecule has 0 aliphatic rings. The van der Waals surface area contributed by atoms with Crippen molar-refractivity contribution >= 4 is 42.3 Å². The van der Waals surface area contributed by atoms with E-state index in [9.17, 15) is 0 Å². The van der Waals surface area contributed by atoms with Crippen molar-refractivity contribution < 1.29 is 0 Å². The van der Waals surface area contributed by atoms with Crippen molar-refractivity contribution in [3.63, 3.8) is 0 Å². The summed E-state index contributed by atoms with van der Waals surface area (Å²) in [5.41, 5.74) is 13.0. The Balaban J connectivity index is 0.00000144. The predicted octanol–water partition coefficient (Wildman–Crippen LogP) is 2.10. The zero-order chi connectivity index (χ0) is 11.4. The van der Waals surface area contributed by atoms with Crippen LogP contribution in [0.25, 0.3) is 0 Å². The number of nitrogens with zero attached hydrogens (tertiary/aromatic N) is 2. The Bertz CT molecular complexity index is 475. The highest BCUT2D eigenvalue weighted by Crippen LogP contribution is 2.13. The Hall–Kier alpha value is -1.56. The molecule has 5 nitrogen and oxygen atoms in total. The van der Waals surface area contributed by atoms with Crippen molar-refractivity contribution in [3.05, 3.63) is 42.1 Å². The summed E-state index contributed by atoms with van der Waals surface area (Å²) in [6, 6.07) is 9.40. The van der Waals surface area contributed by atoms with Crippen molar-refractivity contribution in [1.82, 2.24) is 9.97 Å². The third kappa shape index (κ3) is 4.37. The van der Waals surface area contributed by atoms with E-state index in [0.717, 1.165) is 11.3 Å². The van der Waals surface area contributed by atoms with Gasteiger partial charge in [-0.2, -0.15) is 4.98 Å². The van der Waals surface area contributed by atoms with Gasteiger partial charge in [-0.05, 0) is 23.8 Å². The number of aromatic nitrogens is 2. The fraction of sp³-hybridized carbons (Fsp3) is 0.0909. The second kappa shape index (κ2) is 7.71. The van der Waals surface area contributed by atoms with Crippen LogP contribution in [0, 0.1) is 0 Å². The van der Waals surface area contributed by atoms with Crippen LogP contribution < -0.4 is 16.8 Å². The lowest BCUT2D eigenvalue weighted by molar-refractivity contribution is 1.07. The third-order valence-electron chi connectivity index (χ3n) is 2.12. The minimum atomic E-state index is 0. The first-order chi connectivity index (χ1) is 7.78. The Morgan fingerprint density at radius 1 is 1.06 bits per heavy atom. The second-order valence-corrected chi connectivity index (χ2v) is 3.33. The van der Waals surface area contributed by atoms with Crippen molar-refractivity contribution in [3.8, 4) is 0 Å². The number of rotatable bonds is 3. The molecule has 0 aliphatic heterocycles. The predicted molar refractivity (Wildman–Crippen MR) is 78.6 cm³/mol. The average molecular weight is 288 g/mol. The highest BCUT2D eigenvalue weighted by atomic mass is 35.5. The van der Waals surface area contributed by atoms with Crippen molar-refractivity contribution in [1.29, 1.82) is 0 Å². The molecule has 0 unspecified atom stereocenters. The van der Waals surface area contributed by atoms with Crippen molar-refractivity contribution in [2.75, 3.05) is 11.1 Å². The van der Waals surface area contributed by atoms with Gasteiger partial charge in [-0.15, -0.1) is 24.8 Å².